The van der Waals surface area contributed by atoms with Crippen molar-refractivity contribution in [1.29, 1.82) is 0 Å². The Bertz CT molecular complexity index is 1470. The minimum absolute atomic E-state index is 0.0334. The average molecular weight is 553 g/mol. The summed E-state index contributed by atoms with van der Waals surface area (Å²) in [4.78, 5) is 48.8. The molecule has 3 heterocycles. The molecule has 1 atom stereocenters. The van der Waals surface area contributed by atoms with Crippen molar-refractivity contribution in [2.75, 3.05) is 12.4 Å². The van der Waals surface area contributed by atoms with Crippen LogP contribution in [-0.4, -0.2) is 50.4 Å². The van der Waals surface area contributed by atoms with Crippen LogP contribution >= 0.6 is 11.6 Å². The molecule has 202 valence electrons. The predicted molar refractivity (Wildman–Crippen MR) is 132 cm³/mol. The van der Waals surface area contributed by atoms with Gasteiger partial charge < -0.3 is 20.0 Å². The predicted octanol–water partition coefficient (Wildman–Crippen LogP) is 3.66. The molecular formula is C24H24ClF3N6O4. The molecule has 10 nitrogen and oxygen atoms in total. The molecule has 14 heteroatoms. The number of aromatic nitrogens is 3. The number of anilines is 1. The van der Waals surface area contributed by atoms with Gasteiger partial charge in [0.05, 0.1) is 22.8 Å². The van der Waals surface area contributed by atoms with Crippen molar-refractivity contribution in [3.8, 4) is 6.01 Å². The van der Waals surface area contributed by atoms with Crippen LogP contribution in [0.1, 0.15) is 58.4 Å². The van der Waals surface area contributed by atoms with E-state index in [1.807, 2.05) is 13.8 Å². The van der Waals surface area contributed by atoms with Crippen LogP contribution in [0.25, 0.3) is 6.01 Å². The lowest BCUT2D eigenvalue weighted by Crippen LogP contribution is -2.46. The Kier molecular flexibility index (Phi) is 7.24. The third kappa shape index (κ3) is 5.10. The lowest BCUT2D eigenvalue weighted by Gasteiger charge is -2.34. The van der Waals surface area contributed by atoms with E-state index < -0.39 is 40.2 Å². The number of carbonyl (C=O) groups excluding carboxylic acids is 2. The van der Waals surface area contributed by atoms with Gasteiger partial charge in [-0.1, -0.05) is 11.6 Å². The Morgan fingerprint density at radius 1 is 1.24 bits per heavy atom. The molecule has 0 saturated heterocycles. The molecule has 4 rings (SSSR count). The van der Waals surface area contributed by atoms with Crippen LogP contribution in [0.2, 0.25) is 5.02 Å². The molecule has 0 unspecified atom stereocenters. The zero-order valence-corrected chi connectivity index (χ0v) is 21.6. The highest BCUT2D eigenvalue weighted by Crippen LogP contribution is 2.35. The molecule has 3 aromatic rings. The van der Waals surface area contributed by atoms with E-state index in [9.17, 15) is 27.6 Å². The van der Waals surface area contributed by atoms with Crippen molar-refractivity contribution in [1.82, 2.24) is 24.8 Å². The molecule has 2 amide bonds. The van der Waals surface area contributed by atoms with Crippen molar-refractivity contribution >= 4 is 29.4 Å². The van der Waals surface area contributed by atoms with Gasteiger partial charge in [0.15, 0.2) is 5.69 Å². The minimum atomic E-state index is -4.73. The van der Waals surface area contributed by atoms with Crippen molar-refractivity contribution < 1.29 is 27.2 Å². The average Bonchev–Trinajstić information content (AvgIpc) is 3.32. The number of fused-ring (bicyclic) bond motifs is 1. The zero-order valence-electron chi connectivity index (χ0n) is 20.8. The van der Waals surface area contributed by atoms with E-state index >= 15 is 0 Å². The second-order valence-corrected chi connectivity index (χ2v) is 9.48. The van der Waals surface area contributed by atoms with E-state index in [1.165, 1.54) is 18.0 Å². The van der Waals surface area contributed by atoms with Crippen LogP contribution in [0.4, 0.5) is 19.1 Å². The number of rotatable bonds is 5. The Balaban J connectivity index is 1.75. The molecule has 0 saturated carbocycles. The molecule has 0 radical (unpaired) electrons. The summed E-state index contributed by atoms with van der Waals surface area (Å²) < 4.78 is 46.6. The number of hydrogen-bond donors (Lipinski definition) is 2. The quantitative estimate of drug-likeness (QED) is 0.495. The smallest absolute Gasteiger partial charge is 0.417 e. The topological polar surface area (TPSA) is 122 Å². The Morgan fingerprint density at radius 3 is 2.58 bits per heavy atom. The minimum Gasteiger partial charge on any atom is -0.431 e. The fourth-order valence-corrected chi connectivity index (χ4v) is 4.33. The fraction of sp³-hybridized carbons (Fsp3) is 0.375. The third-order valence-electron chi connectivity index (χ3n) is 5.95. The number of alkyl halides is 3. The molecule has 38 heavy (non-hydrogen) atoms. The lowest BCUT2D eigenvalue weighted by atomic mass is 9.98. The van der Waals surface area contributed by atoms with Crippen molar-refractivity contribution in [3.05, 3.63) is 67.9 Å². The summed E-state index contributed by atoms with van der Waals surface area (Å²) >= 11 is 5.70. The summed E-state index contributed by atoms with van der Waals surface area (Å²) in [6.07, 6.45) is -3.53. The van der Waals surface area contributed by atoms with Gasteiger partial charge in [-0.05, 0) is 45.4 Å². The molecule has 0 aliphatic carbocycles. The number of halogens is 4. The second-order valence-electron chi connectivity index (χ2n) is 9.07. The first-order valence-electron chi connectivity index (χ1n) is 11.6. The summed E-state index contributed by atoms with van der Waals surface area (Å²) in [5.74, 6) is -1.09. The van der Waals surface area contributed by atoms with E-state index in [0.717, 1.165) is 23.0 Å². The van der Waals surface area contributed by atoms with Crippen LogP contribution in [-0.2, 0) is 19.1 Å². The van der Waals surface area contributed by atoms with E-state index in [0.29, 0.717) is 5.56 Å². The Hall–Kier alpha value is -3.87. The van der Waals surface area contributed by atoms with Crippen LogP contribution in [0, 0.1) is 0 Å². The SMILES string of the molecule is CNC(=O)c1coc(-n2c(NC(C)C)nc3c(c2=O)C[C@@H](C)N(C(=O)c2ccc(Cl)c(C(F)(F)F)c2)C3)n1. The van der Waals surface area contributed by atoms with Gasteiger partial charge >= 0.3 is 12.2 Å². The summed E-state index contributed by atoms with van der Waals surface area (Å²) in [5.41, 5.74) is -1.26. The summed E-state index contributed by atoms with van der Waals surface area (Å²) in [6.45, 7) is 5.20. The summed E-state index contributed by atoms with van der Waals surface area (Å²) in [6, 6.07) is 2.10. The monoisotopic (exact) mass is 552 g/mol. The largest absolute Gasteiger partial charge is 0.431 e. The van der Waals surface area contributed by atoms with Gasteiger partial charge in [0.1, 0.15) is 6.26 Å². The number of nitrogens with zero attached hydrogens (tertiary/aromatic N) is 4. The maximum atomic E-state index is 13.6. The first kappa shape index (κ1) is 27.2. The molecule has 2 N–H and O–H groups in total. The van der Waals surface area contributed by atoms with E-state index in [4.69, 9.17) is 16.0 Å². The second kappa shape index (κ2) is 10.1. The van der Waals surface area contributed by atoms with Gasteiger partial charge in [-0.2, -0.15) is 22.7 Å². The molecule has 0 fully saturated rings. The highest BCUT2D eigenvalue weighted by atomic mass is 35.5. The van der Waals surface area contributed by atoms with Crippen molar-refractivity contribution in [2.24, 2.45) is 0 Å². The molecule has 1 aliphatic rings. The summed E-state index contributed by atoms with van der Waals surface area (Å²) in [7, 11) is 1.43. The molecule has 0 spiro atoms. The van der Waals surface area contributed by atoms with Gasteiger partial charge in [0, 0.05) is 30.3 Å². The van der Waals surface area contributed by atoms with E-state index in [-0.39, 0.29) is 47.9 Å². The van der Waals surface area contributed by atoms with E-state index in [2.05, 4.69) is 20.6 Å². The Labute approximate surface area is 219 Å². The first-order chi connectivity index (χ1) is 17.8. The van der Waals surface area contributed by atoms with Crippen molar-refractivity contribution in [3.63, 3.8) is 0 Å². The number of amides is 2. The van der Waals surface area contributed by atoms with Crippen LogP contribution in [0.3, 0.4) is 0 Å². The van der Waals surface area contributed by atoms with Crippen LogP contribution in [0.5, 0.6) is 0 Å². The molecule has 1 aromatic carbocycles. The zero-order chi connectivity index (χ0) is 27.9. The third-order valence-corrected chi connectivity index (χ3v) is 6.28. The van der Waals surface area contributed by atoms with Crippen molar-refractivity contribution in [2.45, 2.75) is 52.0 Å². The normalized spacial score (nSPS) is 15.4. The van der Waals surface area contributed by atoms with Gasteiger partial charge in [-0.15, -0.1) is 0 Å². The number of benzene rings is 1. The van der Waals surface area contributed by atoms with Gasteiger partial charge in [-0.25, -0.2) is 4.98 Å². The Morgan fingerprint density at radius 2 is 1.95 bits per heavy atom. The van der Waals surface area contributed by atoms with Crippen LogP contribution in [0.15, 0.2) is 33.7 Å². The number of nitrogens with one attached hydrogen (secondary N) is 2. The highest BCUT2D eigenvalue weighted by Gasteiger charge is 2.36. The molecular weight excluding hydrogens is 529 g/mol. The maximum Gasteiger partial charge on any atom is 0.417 e. The van der Waals surface area contributed by atoms with Gasteiger partial charge in [-0.3, -0.25) is 14.4 Å². The molecule has 2 aromatic heterocycles. The molecule has 1 aliphatic heterocycles. The van der Waals surface area contributed by atoms with E-state index in [1.54, 1.807) is 6.92 Å². The highest BCUT2D eigenvalue weighted by molar-refractivity contribution is 6.31. The maximum absolute atomic E-state index is 13.6. The first-order valence-corrected chi connectivity index (χ1v) is 12.0. The van der Waals surface area contributed by atoms with Gasteiger partial charge in [0.25, 0.3) is 17.4 Å². The fourth-order valence-electron chi connectivity index (χ4n) is 4.10. The standard InChI is InChI=1S/C24H24ClF3N6O4/c1-11(2)30-22-31-17-9-33(20(36)13-5-6-16(25)15(8-13)24(26,27)28)12(3)7-14(17)21(37)34(22)23-32-18(10-38-23)19(35)29-4/h5-6,8,10-12H,7,9H2,1-4H3,(H,29,35)(H,30,31)/t12-/m1/s1. The van der Waals surface area contributed by atoms with Crippen LogP contribution < -0.4 is 16.2 Å². The number of oxazole rings is 1. The molecule has 0 bridgehead atoms. The van der Waals surface area contributed by atoms with Gasteiger partial charge in [0.2, 0.25) is 5.95 Å². The number of hydrogen-bond acceptors (Lipinski definition) is 7. The summed E-state index contributed by atoms with van der Waals surface area (Å²) in [5, 5.41) is 4.95. The number of carbonyl (C=O) groups is 2. The lowest BCUT2D eigenvalue weighted by molar-refractivity contribution is -0.137.